The Hall–Kier alpha value is -1.52. The van der Waals surface area contributed by atoms with Gasteiger partial charge in [-0.1, -0.05) is 18.2 Å². The van der Waals surface area contributed by atoms with Gasteiger partial charge in [-0.2, -0.15) is 13.2 Å². The molecule has 0 aromatic heterocycles. The van der Waals surface area contributed by atoms with Crippen LogP contribution in [0.5, 0.6) is 5.75 Å². The average molecular weight is 230 g/mol. The Balaban J connectivity index is 2.36. The Bertz CT molecular complexity index is 412. The van der Waals surface area contributed by atoms with Gasteiger partial charge in [0.15, 0.2) is 0 Å². The van der Waals surface area contributed by atoms with Crippen LogP contribution < -0.4 is 4.74 Å². The number of hydrogen-bond donors (Lipinski definition) is 0. The summed E-state index contributed by atoms with van der Waals surface area (Å²) in [6.45, 7) is 0.142. The van der Waals surface area contributed by atoms with Crippen LogP contribution >= 0.6 is 0 Å². The van der Waals surface area contributed by atoms with Gasteiger partial charge in [0, 0.05) is 5.56 Å². The van der Waals surface area contributed by atoms with Gasteiger partial charge in [0.1, 0.15) is 5.75 Å². The first-order valence-corrected chi connectivity index (χ1v) is 4.83. The van der Waals surface area contributed by atoms with E-state index in [0.29, 0.717) is 11.3 Å². The molecular weight excluding hydrogens is 221 g/mol. The average Bonchev–Trinajstić information content (AvgIpc) is 2.26. The van der Waals surface area contributed by atoms with Crippen LogP contribution in [0.25, 0.3) is 0 Å². The molecule has 1 aromatic rings. The molecule has 0 bridgehead atoms. The number of para-hydroxylation sites is 1. The molecule has 16 heavy (non-hydrogen) atoms. The van der Waals surface area contributed by atoms with Crippen molar-refractivity contribution in [3.63, 3.8) is 0 Å². The summed E-state index contributed by atoms with van der Waals surface area (Å²) in [5, 5.41) is 0. The summed E-state index contributed by atoms with van der Waals surface area (Å²) in [5.41, 5.74) is 0.330. The molecule has 1 aliphatic rings. The van der Waals surface area contributed by atoms with Gasteiger partial charge in [-0.15, -0.1) is 0 Å². The minimum Gasteiger partial charge on any atom is -0.493 e. The highest BCUT2D eigenvalue weighted by atomic mass is 19.4. The molecule has 0 amide bonds. The molecule has 0 aliphatic carbocycles. The van der Waals surface area contributed by atoms with E-state index in [2.05, 4.69) is 0 Å². The molecule has 1 unspecified atom stereocenters. The number of benzene rings is 1. The lowest BCUT2D eigenvalue weighted by Gasteiger charge is -2.25. The van der Waals surface area contributed by atoms with E-state index in [1.807, 2.05) is 0 Å². The van der Waals surface area contributed by atoms with Gasteiger partial charge in [0.05, 0.1) is 12.5 Å². The molecule has 1 aliphatic heterocycles. The third kappa shape index (κ3) is 1.89. The third-order valence-electron chi connectivity index (χ3n) is 2.55. The van der Waals surface area contributed by atoms with Crippen molar-refractivity contribution in [2.45, 2.75) is 18.5 Å². The van der Waals surface area contributed by atoms with Crippen molar-refractivity contribution in [2.24, 2.45) is 0 Å². The van der Waals surface area contributed by atoms with Gasteiger partial charge < -0.3 is 4.74 Å². The van der Waals surface area contributed by atoms with Crippen molar-refractivity contribution in [1.82, 2.24) is 0 Å². The highest BCUT2D eigenvalue weighted by Gasteiger charge is 2.45. The summed E-state index contributed by atoms with van der Waals surface area (Å²) in [4.78, 5) is 11.2. The van der Waals surface area contributed by atoms with Gasteiger partial charge in [-0.25, -0.2) is 0 Å². The van der Waals surface area contributed by atoms with Gasteiger partial charge in [-0.05, 0) is 12.5 Å². The van der Waals surface area contributed by atoms with Crippen molar-refractivity contribution < 1.29 is 22.7 Å². The molecule has 2 nitrogen and oxygen atoms in total. The van der Waals surface area contributed by atoms with Gasteiger partial charge in [0.25, 0.3) is 0 Å². The molecule has 0 saturated heterocycles. The number of hydrogen-bond acceptors (Lipinski definition) is 2. The van der Waals surface area contributed by atoms with Crippen molar-refractivity contribution in [3.8, 4) is 5.75 Å². The Morgan fingerprint density at radius 2 is 2.00 bits per heavy atom. The lowest BCUT2D eigenvalue weighted by molar-refractivity contribution is -0.173. The minimum atomic E-state index is -4.78. The zero-order valence-corrected chi connectivity index (χ0v) is 8.25. The maximum absolute atomic E-state index is 12.3. The summed E-state index contributed by atoms with van der Waals surface area (Å²) in [5.74, 6) is -2.44. The zero-order valence-electron chi connectivity index (χ0n) is 8.25. The van der Waals surface area contributed by atoms with Gasteiger partial charge >= 0.3 is 6.18 Å². The van der Waals surface area contributed by atoms with Gasteiger partial charge in [0.2, 0.25) is 5.78 Å². The minimum absolute atomic E-state index is 0.0787. The van der Waals surface area contributed by atoms with Crippen molar-refractivity contribution in [1.29, 1.82) is 0 Å². The van der Waals surface area contributed by atoms with Crippen LogP contribution in [0.3, 0.4) is 0 Å². The lowest BCUT2D eigenvalue weighted by atomic mass is 9.89. The van der Waals surface area contributed by atoms with Crippen molar-refractivity contribution in [3.05, 3.63) is 29.8 Å². The molecular formula is C11H9F3O2. The molecule has 2 rings (SSSR count). The van der Waals surface area contributed by atoms with Crippen LogP contribution in [0.2, 0.25) is 0 Å². The Kier molecular flexibility index (Phi) is 2.61. The maximum atomic E-state index is 12.3. The molecule has 0 radical (unpaired) electrons. The second-order valence-electron chi connectivity index (χ2n) is 3.59. The number of ether oxygens (including phenoxy) is 1. The molecule has 0 N–H and O–H groups in total. The Labute approximate surface area is 90.0 Å². The van der Waals surface area contributed by atoms with Crippen LogP contribution in [0, 0.1) is 0 Å². The monoisotopic (exact) mass is 230 g/mol. The van der Waals surface area contributed by atoms with E-state index in [9.17, 15) is 18.0 Å². The van der Waals surface area contributed by atoms with E-state index >= 15 is 0 Å². The molecule has 0 spiro atoms. The molecule has 1 aromatic carbocycles. The van der Waals surface area contributed by atoms with E-state index < -0.39 is 17.9 Å². The van der Waals surface area contributed by atoms with Crippen LogP contribution in [0.15, 0.2) is 24.3 Å². The number of carbonyl (C=O) groups excluding carboxylic acids is 1. The highest BCUT2D eigenvalue weighted by Crippen LogP contribution is 2.37. The first-order valence-electron chi connectivity index (χ1n) is 4.83. The van der Waals surface area contributed by atoms with Crippen LogP contribution in [0.4, 0.5) is 13.2 Å². The summed E-state index contributed by atoms with van der Waals surface area (Å²) in [6.07, 6.45) is -4.70. The SMILES string of the molecule is O=C(C1CCOc2ccccc21)C(F)(F)F. The number of Topliss-reactive ketones (excluding diaryl/α,β-unsaturated/α-hetero) is 1. The van der Waals surface area contributed by atoms with E-state index in [4.69, 9.17) is 4.74 Å². The lowest BCUT2D eigenvalue weighted by Crippen LogP contribution is -2.32. The number of carbonyl (C=O) groups is 1. The summed E-state index contributed by atoms with van der Waals surface area (Å²) < 4.78 is 42.2. The number of fused-ring (bicyclic) bond motifs is 1. The van der Waals surface area contributed by atoms with Crippen LogP contribution in [-0.2, 0) is 4.79 Å². The van der Waals surface area contributed by atoms with Crippen LogP contribution in [0.1, 0.15) is 17.9 Å². The smallest absolute Gasteiger partial charge is 0.450 e. The summed E-state index contributed by atoms with van der Waals surface area (Å²) >= 11 is 0. The number of halogens is 3. The molecule has 0 saturated carbocycles. The molecule has 1 heterocycles. The first kappa shape index (κ1) is 11.0. The summed E-state index contributed by atoms with van der Waals surface area (Å²) in [6, 6.07) is 6.34. The topological polar surface area (TPSA) is 26.3 Å². The molecule has 86 valence electrons. The first-order chi connectivity index (χ1) is 7.50. The van der Waals surface area contributed by atoms with E-state index in [-0.39, 0.29) is 13.0 Å². The molecule has 1 atom stereocenters. The van der Waals surface area contributed by atoms with Crippen molar-refractivity contribution >= 4 is 5.78 Å². The quantitative estimate of drug-likeness (QED) is 0.741. The maximum Gasteiger partial charge on any atom is 0.450 e. The number of rotatable bonds is 1. The fourth-order valence-corrected chi connectivity index (χ4v) is 1.81. The zero-order chi connectivity index (χ0) is 11.8. The third-order valence-corrected chi connectivity index (χ3v) is 2.55. The number of ketones is 1. The Morgan fingerprint density at radius 1 is 1.31 bits per heavy atom. The normalized spacial score (nSPS) is 19.8. The predicted octanol–water partition coefficient (Wildman–Crippen LogP) is 2.68. The highest BCUT2D eigenvalue weighted by molar-refractivity contribution is 5.91. The summed E-state index contributed by atoms with van der Waals surface area (Å²) in [7, 11) is 0. The standard InChI is InChI=1S/C11H9F3O2/c12-11(13,14)10(15)8-5-6-16-9-4-2-1-3-7(8)9/h1-4,8H,5-6H2. The fourth-order valence-electron chi connectivity index (χ4n) is 1.81. The second-order valence-corrected chi connectivity index (χ2v) is 3.59. The van der Waals surface area contributed by atoms with E-state index in [1.54, 1.807) is 18.2 Å². The Morgan fingerprint density at radius 3 is 2.69 bits per heavy atom. The van der Waals surface area contributed by atoms with E-state index in [0.717, 1.165) is 0 Å². The number of alkyl halides is 3. The molecule has 0 fully saturated rings. The largest absolute Gasteiger partial charge is 0.493 e. The van der Waals surface area contributed by atoms with Gasteiger partial charge in [-0.3, -0.25) is 4.79 Å². The molecule has 5 heteroatoms. The predicted molar refractivity (Wildman–Crippen MR) is 50.4 cm³/mol. The van der Waals surface area contributed by atoms with Crippen molar-refractivity contribution in [2.75, 3.05) is 6.61 Å². The fraction of sp³-hybridized carbons (Fsp3) is 0.364. The van der Waals surface area contributed by atoms with Crippen LogP contribution in [-0.4, -0.2) is 18.6 Å². The van der Waals surface area contributed by atoms with E-state index in [1.165, 1.54) is 6.07 Å². The second kappa shape index (κ2) is 3.81.